The molecule has 2 aromatic rings. The van der Waals surface area contributed by atoms with E-state index in [9.17, 15) is 9.59 Å². The maximum Gasteiger partial charge on any atom is 0.331 e. The Morgan fingerprint density at radius 3 is 2.62 bits per heavy atom. The average molecular weight is 389 g/mol. The van der Waals surface area contributed by atoms with Crippen molar-refractivity contribution in [2.75, 3.05) is 5.32 Å². The van der Waals surface area contributed by atoms with Crippen LogP contribution in [-0.4, -0.2) is 18.0 Å². The van der Waals surface area contributed by atoms with Crippen molar-refractivity contribution >= 4 is 46.8 Å². The van der Waals surface area contributed by atoms with Crippen molar-refractivity contribution in [3.05, 3.63) is 69.7 Å². The summed E-state index contributed by atoms with van der Waals surface area (Å²) in [5, 5.41) is 12.4. The molecule has 1 atom stereocenters. The zero-order valence-corrected chi connectivity index (χ0v) is 15.2. The zero-order chi connectivity index (χ0) is 19.1. The minimum absolute atomic E-state index is 0.318. The van der Waals surface area contributed by atoms with Crippen LogP contribution in [0.25, 0.3) is 6.08 Å². The minimum atomic E-state index is -1.03. The Morgan fingerprint density at radius 1 is 1.19 bits per heavy atom. The molecule has 1 amide bonds. The monoisotopic (exact) mass is 388 g/mol. The van der Waals surface area contributed by atoms with Gasteiger partial charge in [-0.15, -0.1) is 0 Å². The van der Waals surface area contributed by atoms with Crippen LogP contribution in [0.1, 0.15) is 18.1 Å². The number of nitrogens with zero attached hydrogens (tertiary/aromatic N) is 1. The van der Waals surface area contributed by atoms with Gasteiger partial charge in [0.1, 0.15) is 6.07 Å². The Morgan fingerprint density at radius 2 is 1.92 bits per heavy atom. The van der Waals surface area contributed by atoms with E-state index in [4.69, 9.17) is 33.2 Å². The average Bonchev–Trinajstić information content (AvgIpc) is 2.63. The van der Waals surface area contributed by atoms with Gasteiger partial charge in [-0.3, -0.25) is 4.79 Å². The Balaban J connectivity index is 1.95. The van der Waals surface area contributed by atoms with Crippen molar-refractivity contribution in [1.29, 1.82) is 5.26 Å². The molecule has 0 bridgehead atoms. The first-order valence-corrected chi connectivity index (χ1v) is 8.30. The number of hydrogen-bond donors (Lipinski definition) is 1. The quantitative estimate of drug-likeness (QED) is 0.605. The Labute approximate surface area is 160 Å². The van der Waals surface area contributed by atoms with Gasteiger partial charge in [0.05, 0.1) is 21.3 Å². The summed E-state index contributed by atoms with van der Waals surface area (Å²) in [5.74, 6) is -1.23. The molecule has 0 spiro atoms. The number of para-hydroxylation sites is 1. The van der Waals surface area contributed by atoms with Gasteiger partial charge in [0.2, 0.25) is 0 Å². The Bertz CT molecular complexity index is 904. The molecular formula is C19H14Cl2N2O3. The number of ether oxygens (including phenoxy) is 1. The van der Waals surface area contributed by atoms with Crippen LogP contribution in [0.5, 0.6) is 0 Å². The molecule has 132 valence electrons. The third-order valence-electron chi connectivity index (χ3n) is 3.32. The summed E-state index contributed by atoms with van der Waals surface area (Å²) < 4.78 is 5.05. The van der Waals surface area contributed by atoms with Crippen LogP contribution in [0.3, 0.4) is 0 Å². The summed E-state index contributed by atoms with van der Waals surface area (Å²) in [6.45, 7) is 1.44. The maximum atomic E-state index is 12.1. The molecule has 0 fully saturated rings. The highest BCUT2D eigenvalue weighted by atomic mass is 35.5. The lowest BCUT2D eigenvalue weighted by molar-refractivity contribution is -0.148. The lowest BCUT2D eigenvalue weighted by atomic mass is 10.2. The first kappa shape index (κ1) is 19.5. The normalized spacial score (nSPS) is 11.6. The molecule has 1 unspecified atom stereocenters. The number of nitriles is 1. The smallest absolute Gasteiger partial charge is 0.331 e. The Hall–Kier alpha value is -2.81. The molecule has 0 heterocycles. The molecule has 26 heavy (non-hydrogen) atoms. The van der Waals surface area contributed by atoms with E-state index in [0.717, 1.165) is 0 Å². The number of anilines is 1. The van der Waals surface area contributed by atoms with Gasteiger partial charge < -0.3 is 10.1 Å². The zero-order valence-electron chi connectivity index (χ0n) is 13.7. The second-order valence-corrected chi connectivity index (χ2v) is 6.05. The topological polar surface area (TPSA) is 79.2 Å². The van der Waals surface area contributed by atoms with Crippen molar-refractivity contribution in [2.24, 2.45) is 0 Å². The third kappa shape index (κ3) is 5.35. The van der Waals surface area contributed by atoms with Crippen LogP contribution in [0, 0.1) is 11.3 Å². The van der Waals surface area contributed by atoms with Gasteiger partial charge >= 0.3 is 5.97 Å². The predicted octanol–water partition coefficient (Wildman–Crippen LogP) is 4.45. The van der Waals surface area contributed by atoms with Crippen molar-refractivity contribution in [1.82, 2.24) is 0 Å². The molecule has 5 nitrogen and oxygen atoms in total. The van der Waals surface area contributed by atoms with E-state index < -0.39 is 18.0 Å². The number of nitrogens with one attached hydrogen (secondary N) is 1. The van der Waals surface area contributed by atoms with E-state index in [2.05, 4.69) is 5.32 Å². The van der Waals surface area contributed by atoms with Crippen molar-refractivity contribution in [3.63, 3.8) is 0 Å². The summed E-state index contributed by atoms with van der Waals surface area (Å²) in [7, 11) is 0. The van der Waals surface area contributed by atoms with Crippen molar-refractivity contribution in [2.45, 2.75) is 13.0 Å². The molecule has 0 aliphatic rings. The Kier molecular flexibility index (Phi) is 6.79. The fourth-order valence-electron chi connectivity index (χ4n) is 1.97. The largest absolute Gasteiger partial charge is 0.449 e. The van der Waals surface area contributed by atoms with Gasteiger partial charge in [0.25, 0.3) is 5.91 Å². The summed E-state index contributed by atoms with van der Waals surface area (Å²) in [5.41, 5.74) is 1.34. The number of amides is 1. The highest BCUT2D eigenvalue weighted by molar-refractivity contribution is 6.42. The molecule has 7 heteroatoms. The summed E-state index contributed by atoms with van der Waals surface area (Å²) >= 11 is 11.7. The van der Waals surface area contributed by atoms with Gasteiger partial charge in [0, 0.05) is 6.08 Å². The molecule has 0 aliphatic heterocycles. The second kappa shape index (κ2) is 9.04. The second-order valence-electron chi connectivity index (χ2n) is 5.23. The first-order valence-electron chi connectivity index (χ1n) is 7.54. The van der Waals surface area contributed by atoms with E-state index in [0.29, 0.717) is 26.9 Å². The fraction of sp³-hybridized carbons (Fsp3) is 0.105. The molecule has 0 aliphatic carbocycles. The van der Waals surface area contributed by atoms with Gasteiger partial charge in [-0.05, 0) is 42.8 Å². The molecule has 2 rings (SSSR count). The van der Waals surface area contributed by atoms with E-state index in [1.165, 1.54) is 19.1 Å². The van der Waals surface area contributed by atoms with Crippen molar-refractivity contribution in [3.8, 4) is 6.07 Å². The lowest BCUT2D eigenvalue weighted by Crippen LogP contribution is -2.29. The molecule has 2 aromatic carbocycles. The minimum Gasteiger partial charge on any atom is -0.449 e. The van der Waals surface area contributed by atoms with Crippen LogP contribution in [0.15, 0.2) is 48.5 Å². The number of hydrogen-bond acceptors (Lipinski definition) is 4. The third-order valence-corrected chi connectivity index (χ3v) is 4.06. The molecule has 0 aromatic heterocycles. The highest BCUT2D eigenvalue weighted by Crippen LogP contribution is 2.23. The van der Waals surface area contributed by atoms with E-state index in [1.54, 1.807) is 42.5 Å². The maximum absolute atomic E-state index is 12.1. The number of rotatable bonds is 5. The number of carbonyl (C=O) groups excluding carboxylic acids is 2. The lowest BCUT2D eigenvalue weighted by Gasteiger charge is -2.13. The first-order chi connectivity index (χ1) is 12.4. The standard InChI is InChI=1S/C19H14Cl2N2O3/c1-12(19(25)23-17-5-3-2-4-14(17)11-22)26-18(24)9-7-13-6-8-15(20)16(21)10-13/h2-10,12H,1H3,(H,23,25)/b9-7+. The number of benzene rings is 2. The summed E-state index contributed by atoms with van der Waals surface area (Å²) in [6.07, 6.45) is 1.65. The summed E-state index contributed by atoms with van der Waals surface area (Å²) in [4.78, 5) is 24.0. The number of esters is 1. The van der Waals surface area contributed by atoms with E-state index >= 15 is 0 Å². The number of halogens is 2. The van der Waals surface area contributed by atoms with Crippen molar-refractivity contribution < 1.29 is 14.3 Å². The van der Waals surface area contributed by atoms with Crippen LogP contribution in [-0.2, 0) is 14.3 Å². The van der Waals surface area contributed by atoms with Gasteiger partial charge in [-0.1, -0.05) is 41.4 Å². The van der Waals surface area contributed by atoms with E-state index in [1.807, 2.05) is 6.07 Å². The van der Waals surface area contributed by atoms with Crippen LogP contribution >= 0.6 is 23.2 Å². The molecule has 0 saturated carbocycles. The van der Waals surface area contributed by atoms with Gasteiger partial charge in [-0.2, -0.15) is 5.26 Å². The van der Waals surface area contributed by atoms with Gasteiger partial charge in [-0.25, -0.2) is 4.79 Å². The van der Waals surface area contributed by atoms with Crippen LogP contribution in [0.2, 0.25) is 10.0 Å². The molecule has 0 radical (unpaired) electrons. The predicted molar refractivity (Wildman–Crippen MR) is 101 cm³/mol. The molecule has 0 saturated heterocycles. The molecule has 1 N–H and O–H groups in total. The van der Waals surface area contributed by atoms with Crippen LogP contribution in [0.4, 0.5) is 5.69 Å². The van der Waals surface area contributed by atoms with Gasteiger partial charge in [0.15, 0.2) is 6.10 Å². The number of carbonyl (C=O) groups is 2. The molecular weight excluding hydrogens is 375 g/mol. The fourth-order valence-corrected chi connectivity index (χ4v) is 2.28. The SMILES string of the molecule is CC(OC(=O)/C=C/c1ccc(Cl)c(Cl)c1)C(=O)Nc1ccccc1C#N. The van der Waals surface area contributed by atoms with Crippen LogP contribution < -0.4 is 5.32 Å². The summed E-state index contributed by atoms with van der Waals surface area (Å²) in [6, 6.07) is 13.4. The van der Waals surface area contributed by atoms with E-state index in [-0.39, 0.29) is 0 Å². The highest BCUT2D eigenvalue weighted by Gasteiger charge is 2.17.